The molecule has 0 radical (unpaired) electrons. The van der Waals surface area contributed by atoms with E-state index in [2.05, 4.69) is 5.32 Å². The van der Waals surface area contributed by atoms with E-state index < -0.39 is 18.0 Å². The SMILES string of the molecule is CC(=O)c1cccc(NC(=O)C(C)OC(=O)c2ccc(COc3ccccc3)o2)c1. The van der Waals surface area contributed by atoms with E-state index in [1.165, 1.54) is 19.9 Å². The number of esters is 1. The summed E-state index contributed by atoms with van der Waals surface area (Å²) in [7, 11) is 0. The van der Waals surface area contributed by atoms with Gasteiger partial charge in [0, 0.05) is 11.3 Å². The molecule has 0 saturated heterocycles. The maximum absolute atomic E-state index is 12.3. The summed E-state index contributed by atoms with van der Waals surface area (Å²) in [5, 5.41) is 2.62. The van der Waals surface area contributed by atoms with E-state index in [0.29, 0.717) is 22.8 Å². The van der Waals surface area contributed by atoms with Crippen LogP contribution in [0.1, 0.15) is 40.5 Å². The molecular formula is C23H21NO6. The van der Waals surface area contributed by atoms with Crippen LogP contribution in [-0.4, -0.2) is 23.8 Å². The predicted molar refractivity (Wildman–Crippen MR) is 109 cm³/mol. The Bertz CT molecular complexity index is 1040. The number of ketones is 1. The second-order valence-electron chi connectivity index (χ2n) is 6.54. The number of carbonyl (C=O) groups is 3. The lowest BCUT2D eigenvalue weighted by atomic mass is 10.1. The number of rotatable bonds is 8. The van der Waals surface area contributed by atoms with Crippen LogP contribution in [-0.2, 0) is 16.1 Å². The van der Waals surface area contributed by atoms with Gasteiger partial charge in [0.05, 0.1) is 0 Å². The summed E-state index contributed by atoms with van der Waals surface area (Å²) in [6, 6.07) is 18.8. The van der Waals surface area contributed by atoms with Crippen molar-refractivity contribution >= 4 is 23.3 Å². The van der Waals surface area contributed by atoms with Gasteiger partial charge in [-0.3, -0.25) is 9.59 Å². The number of para-hydroxylation sites is 1. The molecule has 0 bridgehead atoms. The van der Waals surface area contributed by atoms with E-state index in [9.17, 15) is 14.4 Å². The number of hydrogen-bond donors (Lipinski definition) is 1. The van der Waals surface area contributed by atoms with Gasteiger partial charge in [0.1, 0.15) is 18.1 Å². The van der Waals surface area contributed by atoms with Crippen molar-refractivity contribution in [3.8, 4) is 5.75 Å². The lowest BCUT2D eigenvalue weighted by molar-refractivity contribution is -0.123. The van der Waals surface area contributed by atoms with Gasteiger partial charge in [0.25, 0.3) is 5.91 Å². The van der Waals surface area contributed by atoms with E-state index in [1.807, 2.05) is 30.3 Å². The molecule has 30 heavy (non-hydrogen) atoms. The summed E-state index contributed by atoms with van der Waals surface area (Å²) in [6.45, 7) is 3.04. The van der Waals surface area contributed by atoms with E-state index >= 15 is 0 Å². The quantitative estimate of drug-likeness (QED) is 0.443. The molecule has 1 atom stereocenters. The van der Waals surface area contributed by atoms with Gasteiger partial charge < -0.3 is 19.2 Å². The summed E-state index contributed by atoms with van der Waals surface area (Å²) in [5.74, 6) is -0.305. The fraction of sp³-hybridized carbons (Fsp3) is 0.174. The molecule has 0 saturated carbocycles. The second-order valence-corrected chi connectivity index (χ2v) is 6.54. The Kier molecular flexibility index (Phi) is 6.64. The first-order valence-corrected chi connectivity index (χ1v) is 9.32. The number of nitrogens with one attached hydrogen (secondary N) is 1. The fourth-order valence-electron chi connectivity index (χ4n) is 2.57. The third kappa shape index (κ3) is 5.57. The first-order valence-electron chi connectivity index (χ1n) is 9.32. The molecule has 0 aliphatic carbocycles. The summed E-state index contributed by atoms with van der Waals surface area (Å²) >= 11 is 0. The van der Waals surface area contributed by atoms with Gasteiger partial charge in [-0.25, -0.2) is 4.79 Å². The van der Waals surface area contributed by atoms with Crippen molar-refractivity contribution in [1.29, 1.82) is 0 Å². The summed E-state index contributed by atoms with van der Waals surface area (Å²) < 4.78 is 16.2. The van der Waals surface area contributed by atoms with Crippen molar-refractivity contribution < 1.29 is 28.3 Å². The van der Waals surface area contributed by atoms with Gasteiger partial charge in [-0.05, 0) is 50.2 Å². The molecule has 1 N–H and O–H groups in total. The fourth-order valence-corrected chi connectivity index (χ4v) is 2.57. The van der Waals surface area contributed by atoms with Crippen LogP contribution in [0.4, 0.5) is 5.69 Å². The van der Waals surface area contributed by atoms with Crippen LogP contribution in [0, 0.1) is 0 Å². The van der Waals surface area contributed by atoms with Crippen LogP contribution in [0.2, 0.25) is 0 Å². The normalized spacial score (nSPS) is 11.4. The number of amides is 1. The second kappa shape index (κ2) is 9.56. The largest absolute Gasteiger partial charge is 0.486 e. The minimum Gasteiger partial charge on any atom is -0.486 e. The number of carbonyl (C=O) groups excluding carboxylic acids is 3. The molecule has 7 nitrogen and oxygen atoms in total. The first kappa shape index (κ1) is 20.9. The minimum atomic E-state index is -1.06. The molecule has 2 aromatic carbocycles. The van der Waals surface area contributed by atoms with Crippen LogP contribution in [0.3, 0.4) is 0 Å². The Morgan fingerprint density at radius 2 is 1.77 bits per heavy atom. The standard InChI is InChI=1S/C23H21NO6/c1-15(25)17-7-6-8-18(13-17)24-22(26)16(2)29-23(27)21-12-11-20(30-21)14-28-19-9-4-3-5-10-19/h3-13,16H,14H2,1-2H3,(H,24,26). The molecule has 0 spiro atoms. The molecule has 1 unspecified atom stereocenters. The zero-order valence-corrected chi connectivity index (χ0v) is 16.6. The average molecular weight is 407 g/mol. The molecule has 1 aromatic heterocycles. The lowest BCUT2D eigenvalue weighted by Gasteiger charge is -2.13. The van der Waals surface area contributed by atoms with E-state index in [1.54, 1.807) is 30.3 Å². The molecule has 154 valence electrons. The molecule has 3 aromatic rings. The van der Waals surface area contributed by atoms with E-state index in [-0.39, 0.29) is 18.2 Å². The van der Waals surface area contributed by atoms with Gasteiger partial charge in [-0.15, -0.1) is 0 Å². The first-order chi connectivity index (χ1) is 14.4. The topological polar surface area (TPSA) is 94.8 Å². The number of benzene rings is 2. The summed E-state index contributed by atoms with van der Waals surface area (Å²) in [6.07, 6.45) is -1.06. The van der Waals surface area contributed by atoms with Crippen LogP contribution >= 0.6 is 0 Å². The number of Topliss-reactive ketones (excluding diaryl/α,β-unsaturated/α-hetero) is 1. The highest BCUT2D eigenvalue weighted by molar-refractivity contribution is 5.99. The molecule has 1 heterocycles. The molecule has 7 heteroatoms. The van der Waals surface area contributed by atoms with Crippen LogP contribution in [0.15, 0.2) is 71.1 Å². The third-order valence-corrected chi connectivity index (χ3v) is 4.18. The van der Waals surface area contributed by atoms with E-state index in [0.717, 1.165) is 0 Å². The highest BCUT2D eigenvalue weighted by atomic mass is 16.6. The molecule has 0 aliphatic heterocycles. The molecular weight excluding hydrogens is 386 g/mol. The van der Waals surface area contributed by atoms with Gasteiger partial charge in [0.15, 0.2) is 11.9 Å². The lowest BCUT2D eigenvalue weighted by Crippen LogP contribution is -2.30. The number of furan rings is 1. The Labute approximate surface area is 173 Å². The predicted octanol–water partition coefficient (Wildman–Crippen LogP) is 4.25. The molecule has 0 fully saturated rings. The van der Waals surface area contributed by atoms with Crippen molar-refractivity contribution in [2.45, 2.75) is 26.6 Å². The molecule has 0 aliphatic rings. The summed E-state index contributed by atoms with van der Waals surface area (Å²) in [4.78, 5) is 36.0. The Morgan fingerprint density at radius 1 is 1.00 bits per heavy atom. The summed E-state index contributed by atoms with van der Waals surface area (Å²) in [5.41, 5.74) is 0.909. The zero-order valence-electron chi connectivity index (χ0n) is 16.6. The van der Waals surface area contributed by atoms with Gasteiger partial charge >= 0.3 is 5.97 Å². The third-order valence-electron chi connectivity index (χ3n) is 4.18. The van der Waals surface area contributed by atoms with Gasteiger partial charge in [0.2, 0.25) is 5.76 Å². The molecule has 3 rings (SSSR count). The Hall–Kier alpha value is -3.87. The smallest absolute Gasteiger partial charge is 0.375 e. The van der Waals surface area contributed by atoms with Crippen LogP contribution in [0.5, 0.6) is 5.75 Å². The number of ether oxygens (including phenoxy) is 2. The van der Waals surface area contributed by atoms with E-state index in [4.69, 9.17) is 13.9 Å². The van der Waals surface area contributed by atoms with Gasteiger partial charge in [-0.2, -0.15) is 0 Å². The Balaban J connectivity index is 1.53. The maximum atomic E-state index is 12.3. The van der Waals surface area contributed by atoms with Crippen molar-refractivity contribution in [3.05, 3.63) is 83.8 Å². The van der Waals surface area contributed by atoms with Crippen LogP contribution in [0.25, 0.3) is 0 Å². The van der Waals surface area contributed by atoms with Crippen molar-refractivity contribution in [3.63, 3.8) is 0 Å². The number of anilines is 1. The average Bonchev–Trinajstić information content (AvgIpc) is 3.22. The Morgan fingerprint density at radius 3 is 2.50 bits per heavy atom. The van der Waals surface area contributed by atoms with Crippen molar-refractivity contribution in [1.82, 2.24) is 0 Å². The van der Waals surface area contributed by atoms with Gasteiger partial charge in [-0.1, -0.05) is 30.3 Å². The highest BCUT2D eigenvalue weighted by Gasteiger charge is 2.21. The monoisotopic (exact) mass is 407 g/mol. The molecule has 1 amide bonds. The zero-order chi connectivity index (χ0) is 21.5. The van der Waals surface area contributed by atoms with Crippen molar-refractivity contribution in [2.24, 2.45) is 0 Å². The minimum absolute atomic E-state index is 0.0279. The van der Waals surface area contributed by atoms with Crippen molar-refractivity contribution in [2.75, 3.05) is 5.32 Å². The highest BCUT2D eigenvalue weighted by Crippen LogP contribution is 2.16. The maximum Gasteiger partial charge on any atom is 0.375 e. The number of hydrogen-bond acceptors (Lipinski definition) is 6. The van der Waals surface area contributed by atoms with Crippen LogP contribution < -0.4 is 10.1 Å².